The maximum atomic E-state index is 13.2. The van der Waals surface area contributed by atoms with Gasteiger partial charge in [0.25, 0.3) is 0 Å². The van der Waals surface area contributed by atoms with Crippen molar-refractivity contribution in [2.75, 3.05) is 0 Å². The molecule has 0 heterocycles. The predicted octanol–water partition coefficient (Wildman–Crippen LogP) is 3.33. The average Bonchev–Trinajstić information content (AvgIpc) is 2.12. The molecule has 0 saturated carbocycles. The van der Waals surface area contributed by atoms with Gasteiger partial charge in [-0.3, -0.25) is 4.79 Å². The zero-order valence-electron chi connectivity index (χ0n) is 8.70. The molecule has 0 fully saturated rings. The normalized spacial score (nSPS) is 11.6. The third-order valence-corrected chi connectivity index (χ3v) is 1.96. The molecular weight excluding hydrogens is 205 g/mol. The van der Waals surface area contributed by atoms with Crippen LogP contribution < -0.4 is 0 Å². The van der Waals surface area contributed by atoms with Crippen LogP contribution in [0.2, 0.25) is 0 Å². The Balaban J connectivity index is 3.29. The van der Waals surface area contributed by atoms with Crippen LogP contribution >= 0.6 is 0 Å². The van der Waals surface area contributed by atoms with Crippen LogP contribution in [0, 0.1) is 22.9 Å². The minimum atomic E-state index is -1.61. The molecule has 1 aromatic carbocycles. The Morgan fingerprint density at radius 3 is 2.07 bits per heavy atom. The molecular formula is C11H11F3O. The second kappa shape index (κ2) is 3.68. The monoisotopic (exact) mass is 216 g/mol. The summed E-state index contributed by atoms with van der Waals surface area (Å²) in [4.78, 5) is 11.6. The number of rotatable bonds is 1. The van der Waals surface area contributed by atoms with Gasteiger partial charge in [-0.2, -0.15) is 0 Å². The van der Waals surface area contributed by atoms with Gasteiger partial charge >= 0.3 is 0 Å². The van der Waals surface area contributed by atoms with Crippen molar-refractivity contribution >= 4 is 5.78 Å². The Morgan fingerprint density at radius 1 is 1.07 bits per heavy atom. The Bertz CT molecular complexity index is 405. The van der Waals surface area contributed by atoms with Crippen molar-refractivity contribution in [1.82, 2.24) is 0 Å². The summed E-state index contributed by atoms with van der Waals surface area (Å²) in [5.74, 6) is -4.88. The van der Waals surface area contributed by atoms with Crippen LogP contribution in [0.15, 0.2) is 12.1 Å². The highest BCUT2D eigenvalue weighted by Gasteiger charge is 2.27. The molecule has 0 spiro atoms. The first-order chi connectivity index (χ1) is 6.75. The van der Waals surface area contributed by atoms with Crippen LogP contribution in [0.1, 0.15) is 31.1 Å². The van der Waals surface area contributed by atoms with Gasteiger partial charge in [0.2, 0.25) is 0 Å². The highest BCUT2D eigenvalue weighted by Crippen LogP contribution is 2.24. The van der Waals surface area contributed by atoms with Crippen molar-refractivity contribution < 1.29 is 18.0 Å². The van der Waals surface area contributed by atoms with E-state index >= 15 is 0 Å². The summed E-state index contributed by atoms with van der Waals surface area (Å²) in [6, 6.07) is 1.71. The quantitative estimate of drug-likeness (QED) is 0.519. The van der Waals surface area contributed by atoms with Crippen LogP contribution in [0.3, 0.4) is 0 Å². The van der Waals surface area contributed by atoms with Gasteiger partial charge in [-0.1, -0.05) is 20.8 Å². The molecule has 0 N–H and O–H groups in total. The minimum absolute atomic E-state index is 0.415. The highest BCUT2D eigenvalue weighted by molar-refractivity contribution is 6.00. The minimum Gasteiger partial charge on any atom is -0.293 e. The maximum absolute atomic E-state index is 13.2. The van der Waals surface area contributed by atoms with Crippen LogP contribution in [0.25, 0.3) is 0 Å². The summed E-state index contributed by atoms with van der Waals surface area (Å²) < 4.78 is 38.6. The lowest BCUT2D eigenvalue weighted by Gasteiger charge is -2.17. The molecule has 1 nitrogen and oxygen atoms in total. The van der Waals surface area contributed by atoms with E-state index in [1.165, 1.54) is 0 Å². The number of halogens is 3. The van der Waals surface area contributed by atoms with E-state index < -0.39 is 34.2 Å². The number of hydrogen-bond acceptors (Lipinski definition) is 1. The van der Waals surface area contributed by atoms with Crippen LogP contribution in [-0.4, -0.2) is 5.78 Å². The largest absolute Gasteiger partial charge is 0.293 e. The molecule has 0 atom stereocenters. The van der Waals surface area contributed by atoms with Crippen molar-refractivity contribution in [1.29, 1.82) is 0 Å². The molecule has 4 heteroatoms. The smallest absolute Gasteiger partial charge is 0.195 e. The van der Waals surface area contributed by atoms with Crippen LogP contribution in [0.4, 0.5) is 13.2 Å². The fraction of sp³-hybridized carbons (Fsp3) is 0.364. The molecule has 0 saturated heterocycles. The van der Waals surface area contributed by atoms with Crippen molar-refractivity contribution in [3.05, 3.63) is 35.1 Å². The molecule has 0 aliphatic rings. The van der Waals surface area contributed by atoms with Gasteiger partial charge in [-0.25, -0.2) is 13.2 Å². The van der Waals surface area contributed by atoms with Crippen molar-refractivity contribution in [2.24, 2.45) is 5.41 Å². The van der Waals surface area contributed by atoms with Crippen molar-refractivity contribution in [3.8, 4) is 0 Å². The zero-order valence-corrected chi connectivity index (χ0v) is 8.70. The molecule has 0 aliphatic carbocycles. The summed E-state index contributed by atoms with van der Waals surface area (Å²) in [5, 5.41) is 0. The Hall–Kier alpha value is -1.32. The molecule has 82 valence electrons. The predicted molar refractivity (Wildman–Crippen MR) is 50.1 cm³/mol. The Labute approximate surface area is 85.9 Å². The number of hydrogen-bond donors (Lipinski definition) is 0. The summed E-state index contributed by atoms with van der Waals surface area (Å²) in [6.45, 7) is 4.74. The second-order valence-corrected chi connectivity index (χ2v) is 4.30. The lowest BCUT2D eigenvalue weighted by molar-refractivity contribution is 0.0852. The van der Waals surface area contributed by atoms with E-state index in [-0.39, 0.29) is 0 Å². The van der Waals surface area contributed by atoms with E-state index in [4.69, 9.17) is 0 Å². The molecule has 15 heavy (non-hydrogen) atoms. The summed E-state index contributed by atoms with van der Waals surface area (Å²) in [5.41, 5.74) is -1.24. The Morgan fingerprint density at radius 2 is 1.60 bits per heavy atom. The Kier molecular flexibility index (Phi) is 2.88. The third kappa shape index (κ3) is 2.19. The van der Waals surface area contributed by atoms with E-state index in [9.17, 15) is 18.0 Å². The lowest BCUT2D eigenvalue weighted by Crippen LogP contribution is -2.22. The first-order valence-corrected chi connectivity index (χ1v) is 4.43. The summed E-state index contributed by atoms with van der Waals surface area (Å²) >= 11 is 0. The lowest BCUT2D eigenvalue weighted by atomic mass is 9.86. The molecule has 0 aliphatic heterocycles. The topological polar surface area (TPSA) is 17.1 Å². The highest BCUT2D eigenvalue weighted by atomic mass is 19.2. The van der Waals surface area contributed by atoms with Gasteiger partial charge in [0.1, 0.15) is 0 Å². The molecule has 0 unspecified atom stereocenters. The van der Waals surface area contributed by atoms with Gasteiger partial charge in [-0.05, 0) is 12.1 Å². The fourth-order valence-electron chi connectivity index (χ4n) is 1.11. The number of Topliss-reactive ketones (excluding diaryl/α,β-unsaturated/α-hetero) is 1. The first-order valence-electron chi connectivity index (χ1n) is 4.43. The number of carbonyl (C=O) groups is 1. The van der Waals surface area contributed by atoms with Crippen molar-refractivity contribution in [3.63, 3.8) is 0 Å². The molecule has 0 bridgehead atoms. The fourth-order valence-corrected chi connectivity index (χ4v) is 1.11. The molecule has 1 rings (SSSR count). The second-order valence-electron chi connectivity index (χ2n) is 4.30. The van der Waals surface area contributed by atoms with Crippen LogP contribution in [0.5, 0.6) is 0 Å². The summed E-state index contributed by atoms with van der Waals surface area (Å²) in [7, 11) is 0. The van der Waals surface area contributed by atoms with Gasteiger partial charge in [-0.15, -0.1) is 0 Å². The van der Waals surface area contributed by atoms with Gasteiger partial charge < -0.3 is 0 Å². The average molecular weight is 216 g/mol. The van der Waals surface area contributed by atoms with Gasteiger partial charge in [0.15, 0.2) is 23.2 Å². The van der Waals surface area contributed by atoms with Gasteiger partial charge in [0.05, 0.1) is 5.56 Å². The number of benzene rings is 1. The third-order valence-electron chi connectivity index (χ3n) is 1.96. The SMILES string of the molecule is CC(C)(C)C(=O)c1ccc(F)c(F)c1F. The van der Waals surface area contributed by atoms with Crippen molar-refractivity contribution in [2.45, 2.75) is 20.8 Å². The zero-order chi connectivity index (χ0) is 11.8. The standard InChI is InChI=1S/C11H11F3O/c1-11(2,3)10(15)6-4-5-7(12)9(14)8(6)13/h4-5H,1-3H3. The van der Waals surface area contributed by atoms with E-state index in [1.54, 1.807) is 20.8 Å². The van der Waals surface area contributed by atoms with E-state index in [0.717, 1.165) is 12.1 Å². The maximum Gasteiger partial charge on any atom is 0.195 e. The van der Waals surface area contributed by atoms with E-state index in [2.05, 4.69) is 0 Å². The van der Waals surface area contributed by atoms with Gasteiger partial charge in [0, 0.05) is 5.41 Å². The molecule has 0 aromatic heterocycles. The van der Waals surface area contributed by atoms with E-state index in [1.807, 2.05) is 0 Å². The summed E-state index contributed by atoms with van der Waals surface area (Å²) in [6.07, 6.45) is 0. The number of carbonyl (C=O) groups excluding carboxylic acids is 1. The first kappa shape index (κ1) is 11.8. The van der Waals surface area contributed by atoms with Crippen LogP contribution in [-0.2, 0) is 0 Å². The molecule has 0 amide bonds. The molecule has 0 radical (unpaired) electrons. The van der Waals surface area contributed by atoms with E-state index in [0.29, 0.717) is 0 Å². The number of ketones is 1. The molecule has 1 aromatic rings.